The van der Waals surface area contributed by atoms with Gasteiger partial charge in [-0.15, -0.1) is 0 Å². The summed E-state index contributed by atoms with van der Waals surface area (Å²) in [6.45, 7) is 7.01. The number of hydrogen-bond acceptors (Lipinski definition) is 4. The summed E-state index contributed by atoms with van der Waals surface area (Å²) in [5.41, 5.74) is 2.53. The van der Waals surface area contributed by atoms with Gasteiger partial charge in [-0.2, -0.15) is 5.10 Å². The number of nitrogens with zero attached hydrogens (tertiary/aromatic N) is 3. The van der Waals surface area contributed by atoms with Gasteiger partial charge in [-0.25, -0.2) is 9.07 Å². The largest absolute Gasteiger partial charge is 0.460 e. The number of nitrogens with one attached hydrogen (secondary N) is 1. The third-order valence-corrected chi connectivity index (χ3v) is 4.96. The molecule has 1 saturated heterocycles. The number of rotatable bonds is 7. The van der Waals surface area contributed by atoms with Crippen LogP contribution in [0.4, 0.5) is 4.39 Å². The number of furan rings is 1. The summed E-state index contributed by atoms with van der Waals surface area (Å²) in [4.78, 5) is 2.49. The number of likely N-dealkylation sites (tertiary alicyclic amines) is 1. The average molecular weight is 368 g/mol. The maximum atomic E-state index is 13.6. The van der Waals surface area contributed by atoms with Crippen LogP contribution in [0.1, 0.15) is 24.2 Å². The van der Waals surface area contributed by atoms with Crippen LogP contribution in [0, 0.1) is 12.7 Å². The second kappa shape index (κ2) is 8.06. The molecule has 0 atom stereocenters. The summed E-state index contributed by atoms with van der Waals surface area (Å²) in [6.07, 6.45) is 4.57. The van der Waals surface area contributed by atoms with Crippen LogP contribution < -0.4 is 5.32 Å². The van der Waals surface area contributed by atoms with Crippen molar-refractivity contribution in [2.75, 3.05) is 26.2 Å². The Morgan fingerprint density at radius 3 is 2.78 bits per heavy atom. The van der Waals surface area contributed by atoms with Gasteiger partial charge in [-0.1, -0.05) is 6.07 Å². The molecule has 0 unspecified atom stereocenters. The number of benzene rings is 1. The molecule has 0 spiro atoms. The average Bonchev–Trinajstić information content (AvgIpc) is 3.39. The molecule has 27 heavy (non-hydrogen) atoms. The Bertz CT molecular complexity index is 895. The van der Waals surface area contributed by atoms with Crippen molar-refractivity contribution >= 4 is 0 Å². The molecule has 0 amide bonds. The number of aryl methyl sites for hydroxylation is 1. The van der Waals surface area contributed by atoms with E-state index in [2.05, 4.69) is 15.3 Å². The van der Waals surface area contributed by atoms with E-state index in [1.54, 1.807) is 10.7 Å². The fourth-order valence-electron chi connectivity index (χ4n) is 3.53. The number of halogens is 1. The molecule has 0 aliphatic carbocycles. The predicted octanol–water partition coefficient (Wildman–Crippen LogP) is 3.77. The molecule has 2 aromatic heterocycles. The topological polar surface area (TPSA) is 46.2 Å². The van der Waals surface area contributed by atoms with Crippen LogP contribution in [-0.4, -0.2) is 40.9 Å². The first-order valence-corrected chi connectivity index (χ1v) is 9.53. The van der Waals surface area contributed by atoms with Gasteiger partial charge in [0, 0.05) is 31.4 Å². The van der Waals surface area contributed by atoms with E-state index in [9.17, 15) is 4.39 Å². The summed E-state index contributed by atoms with van der Waals surface area (Å²) < 4.78 is 21.1. The van der Waals surface area contributed by atoms with Gasteiger partial charge in [0.1, 0.15) is 17.3 Å². The van der Waals surface area contributed by atoms with Crippen LogP contribution in [0.15, 0.2) is 47.0 Å². The Morgan fingerprint density at radius 2 is 2.04 bits per heavy atom. The lowest BCUT2D eigenvalue weighted by molar-refractivity contribution is 0.335. The van der Waals surface area contributed by atoms with Gasteiger partial charge in [0.25, 0.3) is 0 Å². The monoisotopic (exact) mass is 368 g/mol. The van der Waals surface area contributed by atoms with Crippen LogP contribution in [0.3, 0.4) is 0 Å². The van der Waals surface area contributed by atoms with Crippen LogP contribution in [-0.2, 0) is 6.54 Å². The second-order valence-corrected chi connectivity index (χ2v) is 7.06. The molecule has 4 rings (SSSR count). The van der Waals surface area contributed by atoms with Crippen molar-refractivity contribution in [3.63, 3.8) is 0 Å². The van der Waals surface area contributed by atoms with Crippen molar-refractivity contribution in [3.05, 3.63) is 59.7 Å². The first-order chi connectivity index (χ1) is 13.2. The van der Waals surface area contributed by atoms with Gasteiger partial charge in [0.2, 0.25) is 0 Å². The van der Waals surface area contributed by atoms with Crippen molar-refractivity contribution in [2.45, 2.75) is 26.3 Å². The van der Waals surface area contributed by atoms with E-state index in [4.69, 9.17) is 4.42 Å². The smallest absolute Gasteiger partial charge is 0.154 e. The fraction of sp³-hybridized carbons (Fsp3) is 0.381. The third kappa shape index (κ3) is 4.28. The van der Waals surface area contributed by atoms with Gasteiger partial charge in [-0.05, 0) is 63.2 Å². The summed E-state index contributed by atoms with van der Waals surface area (Å²) in [6, 6.07) is 10.3. The highest BCUT2D eigenvalue weighted by atomic mass is 19.1. The molecule has 6 heteroatoms. The molecule has 1 N–H and O–H groups in total. The van der Waals surface area contributed by atoms with Crippen LogP contribution in [0.5, 0.6) is 0 Å². The Balaban J connectivity index is 1.52. The lowest BCUT2D eigenvalue weighted by Crippen LogP contribution is -2.29. The molecule has 3 heterocycles. The Kier molecular flexibility index (Phi) is 5.36. The van der Waals surface area contributed by atoms with Crippen molar-refractivity contribution in [2.24, 2.45) is 0 Å². The minimum atomic E-state index is -0.274. The zero-order valence-corrected chi connectivity index (χ0v) is 15.6. The zero-order chi connectivity index (χ0) is 18.6. The summed E-state index contributed by atoms with van der Waals surface area (Å²) >= 11 is 0. The number of aromatic nitrogens is 2. The molecule has 1 aliphatic rings. The van der Waals surface area contributed by atoms with Crippen molar-refractivity contribution < 1.29 is 8.81 Å². The van der Waals surface area contributed by atoms with Crippen molar-refractivity contribution in [1.29, 1.82) is 0 Å². The van der Waals surface area contributed by atoms with Crippen LogP contribution in [0.2, 0.25) is 0 Å². The maximum Gasteiger partial charge on any atom is 0.154 e. The van der Waals surface area contributed by atoms with Gasteiger partial charge in [0.15, 0.2) is 5.76 Å². The van der Waals surface area contributed by atoms with Gasteiger partial charge in [-0.3, -0.25) is 0 Å². The standard InChI is InChI=1S/C21H25FN4O/c1-16-7-8-20(27-16)21-17(14-23-9-12-25-10-2-3-11-25)15-26(24-21)19-6-4-5-18(22)13-19/h4-8,13,15,23H,2-3,9-12,14H2,1H3. The van der Waals surface area contributed by atoms with E-state index in [1.807, 2.05) is 31.3 Å². The van der Waals surface area contributed by atoms with Crippen molar-refractivity contribution in [3.8, 4) is 17.1 Å². The van der Waals surface area contributed by atoms with Crippen molar-refractivity contribution in [1.82, 2.24) is 20.0 Å². The first-order valence-electron chi connectivity index (χ1n) is 9.53. The zero-order valence-electron chi connectivity index (χ0n) is 15.6. The van der Waals surface area contributed by atoms with E-state index < -0.39 is 0 Å². The summed E-state index contributed by atoms with van der Waals surface area (Å²) in [5.74, 6) is 1.31. The summed E-state index contributed by atoms with van der Waals surface area (Å²) in [5, 5.41) is 8.18. The van der Waals surface area contributed by atoms with E-state index >= 15 is 0 Å². The van der Waals surface area contributed by atoms with Crippen LogP contribution >= 0.6 is 0 Å². The maximum absolute atomic E-state index is 13.6. The highest BCUT2D eigenvalue weighted by Gasteiger charge is 2.16. The predicted molar refractivity (Wildman–Crippen MR) is 103 cm³/mol. The first kappa shape index (κ1) is 17.9. The normalized spacial score (nSPS) is 14.9. The Morgan fingerprint density at radius 1 is 1.19 bits per heavy atom. The fourth-order valence-corrected chi connectivity index (χ4v) is 3.53. The second-order valence-electron chi connectivity index (χ2n) is 7.06. The van der Waals surface area contributed by atoms with Gasteiger partial charge in [0.05, 0.1) is 5.69 Å². The molecular weight excluding hydrogens is 343 g/mol. The summed E-state index contributed by atoms with van der Waals surface area (Å²) in [7, 11) is 0. The molecule has 5 nitrogen and oxygen atoms in total. The minimum Gasteiger partial charge on any atom is -0.460 e. The Hall–Kier alpha value is -2.44. The molecule has 1 aliphatic heterocycles. The van der Waals surface area contributed by atoms with Crippen LogP contribution in [0.25, 0.3) is 17.1 Å². The minimum absolute atomic E-state index is 0.274. The van der Waals surface area contributed by atoms with Gasteiger partial charge >= 0.3 is 0 Å². The molecule has 1 fully saturated rings. The molecule has 0 bridgehead atoms. The molecule has 0 radical (unpaired) electrons. The highest BCUT2D eigenvalue weighted by Crippen LogP contribution is 2.25. The van der Waals surface area contributed by atoms with E-state index in [-0.39, 0.29) is 5.82 Å². The van der Waals surface area contributed by atoms with Gasteiger partial charge < -0.3 is 14.6 Å². The quantitative estimate of drug-likeness (QED) is 0.645. The molecule has 3 aromatic rings. The lowest BCUT2D eigenvalue weighted by atomic mass is 10.2. The molecule has 0 saturated carbocycles. The van der Waals surface area contributed by atoms with E-state index in [1.165, 1.54) is 38.1 Å². The van der Waals surface area contributed by atoms with E-state index in [0.717, 1.165) is 35.9 Å². The molecular formula is C21H25FN4O. The lowest BCUT2D eigenvalue weighted by Gasteiger charge is -2.14. The number of hydrogen-bond donors (Lipinski definition) is 1. The highest BCUT2D eigenvalue weighted by molar-refractivity contribution is 5.57. The molecule has 1 aromatic carbocycles. The Labute approximate surface area is 158 Å². The van der Waals surface area contributed by atoms with E-state index in [0.29, 0.717) is 12.2 Å². The SMILES string of the molecule is Cc1ccc(-c2nn(-c3cccc(F)c3)cc2CNCCN2CCCC2)o1. The molecule has 142 valence electrons. The third-order valence-electron chi connectivity index (χ3n) is 4.96.